The van der Waals surface area contributed by atoms with Crippen molar-refractivity contribution in [1.29, 1.82) is 0 Å². The Balaban J connectivity index is 0. The van der Waals surface area contributed by atoms with E-state index in [0.717, 1.165) is 12.8 Å². The van der Waals surface area contributed by atoms with Crippen LogP contribution in [0.4, 0.5) is 4.79 Å². The van der Waals surface area contributed by atoms with E-state index >= 15 is 0 Å². The summed E-state index contributed by atoms with van der Waals surface area (Å²) in [6.45, 7) is 4.54. The number of carbonyl (C=O) groups excluding carboxylic acids is 2. The molecule has 0 fully saturated rings. The molecule has 0 aliphatic rings. The summed E-state index contributed by atoms with van der Waals surface area (Å²) in [5.74, 6) is -1.21. The average Bonchev–Trinajstić information content (AvgIpc) is 2.29. The first-order valence-corrected chi connectivity index (χ1v) is 6.23. The standard InChI is InChI=1S/C7H12O4.C5H11NO2/c1-2-11-7(10)5-3-4-6(8)9;1-2-3-4-8-5(6)7/h2-5H2,1H3,(H,8,9);2-4H2,1H3,(H2,6,7). The highest BCUT2D eigenvalue weighted by Crippen LogP contribution is 1.96. The molecule has 112 valence electrons. The van der Waals surface area contributed by atoms with Gasteiger partial charge in [0.05, 0.1) is 13.2 Å². The number of primary amides is 1. The molecule has 0 rings (SSSR count). The molecule has 0 aromatic carbocycles. The number of carboxylic acid groups (broad SMARTS) is 1. The van der Waals surface area contributed by atoms with Gasteiger partial charge in [-0.05, 0) is 19.8 Å². The average molecular weight is 277 g/mol. The topological polar surface area (TPSA) is 116 Å². The van der Waals surface area contributed by atoms with Crippen LogP contribution in [-0.4, -0.2) is 36.4 Å². The molecule has 7 heteroatoms. The number of carbonyl (C=O) groups is 3. The van der Waals surface area contributed by atoms with E-state index in [9.17, 15) is 14.4 Å². The molecule has 0 aromatic heterocycles. The summed E-state index contributed by atoms with van der Waals surface area (Å²) in [7, 11) is 0. The summed E-state index contributed by atoms with van der Waals surface area (Å²) in [6.07, 6.45) is 1.81. The van der Waals surface area contributed by atoms with Crippen LogP contribution in [0.5, 0.6) is 0 Å². The Hall–Kier alpha value is -1.79. The van der Waals surface area contributed by atoms with E-state index < -0.39 is 12.1 Å². The molecule has 1 amide bonds. The molecular weight excluding hydrogens is 254 g/mol. The van der Waals surface area contributed by atoms with Crippen molar-refractivity contribution < 1.29 is 29.0 Å². The molecule has 0 saturated heterocycles. The van der Waals surface area contributed by atoms with E-state index in [-0.39, 0.29) is 18.8 Å². The quantitative estimate of drug-likeness (QED) is 0.515. The maximum absolute atomic E-state index is 10.6. The first-order valence-electron chi connectivity index (χ1n) is 6.23. The Morgan fingerprint density at radius 3 is 2.11 bits per heavy atom. The van der Waals surface area contributed by atoms with Crippen molar-refractivity contribution in [2.75, 3.05) is 13.2 Å². The molecule has 0 unspecified atom stereocenters. The molecular formula is C12H23NO6. The van der Waals surface area contributed by atoms with Crippen LogP contribution in [0.25, 0.3) is 0 Å². The van der Waals surface area contributed by atoms with E-state index in [1.807, 2.05) is 6.92 Å². The van der Waals surface area contributed by atoms with Crippen LogP contribution in [0.15, 0.2) is 0 Å². The third-order valence-electron chi connectivity index (χ3n) is 1.82. The highest BCUT2D eigenvalue weighted by Gasteiger charge is 2.02. The van der Waals surface area contributed by atoms with Crippen LogP contribution in [0, 0.1) is 0 Å². The van der Waals surface area contributed by atoms with Gasteiger partial charge < -0.3 is 20.3 Å². The van der Waals surface area contributed by atoms with Crippen molar-refractivity contribution in [1.82, 2.24) is 0 Å². The fourth-order valence-electron chi connectivity index (χ4n) is 0.934. The zero-order valence-electron chi connectivity index (χ0n) is 11.5. The second kappa shape index (κ2) is 14.3. The molecule has 0 spiro atoms. The van der Waals surface area contributed by atoms with Crippen molar-refractivity contribution in [2.24, 2.45) is 5.73 Å². The lowest BCUT2D eigenvalue weighted by molar-refractivity contribution is -0.143. The van der Waals surface area contributed by atoms with Crippen LogP contribution in [0.3, 0.4) is 0 Å². The van der Waals surface area contributed by atoms with Crippen molar-refractivity contribution in [3.63, 3.8) is 0 Å². The van der Waals surface area contributed by atoms with E-state index in [0.29, 0.717) is 19.6 Å². The van der Waals surface area contributed by atoms with Gasteiger partial charge in [0.2, 0.25) is 0 Å². The molecule has 0 aliphatic carbocycles. The van der Waals surface area contributed by atoms with Gasteiger partial charge in [0.25, 0.3) is 0 Å². The molecule has 0 heterocycles. The van der Waals surface area contributed by atoms with Crippen LogP contribution < -0.4 is 5.73 Å². The second-order valence-corrected chi connectivity index (χ2v) is 3.57. The molecule has 0 radical (unpaired) electrons. The molecule has 19 heavy (non-hydrogen) atoms. The fraction of sp³-hybridized carbons (Fsp3) is 0.750. The Kier molecular flexibility index (Phi) is 14.7. The summed E-state index contributed by atoms with van der Waals surface area (Å²) in [4.78, 5) is 30.5. The van der Waals surface area contributed by atoms with Crippen LogP contribution in [0.2, 0.25) is 0 Å². The maximum Gasteiger partial charge on any atom is 0.404 e. The predicted octanol–water partition coefficient (Wildman–Crippen LogP) is 1.69. The first kappa shape index (κ1) is 19.5. The van der Waals surface area contributed by atoms with Gasteiger partial charge in [0, 0.05) is 12.8 Å². The van der Waals surface area contributed by atoms with E-state index in [2.05, 4.69) is 15.2 Å². The Bertz CT molecular complexity index is 267. The minimum absolute atomic E-state index is 0.0266. The molecule has 0 bridgehead atoms. The van der Waals surface area contributed by atoms with Gasteiger partial charge in [0.1, 0.15) is 0 Å². The highest BCUT2D eigenvalue weighted by atomic mass is 16.5. The zero-order valence-corrected chi connectivity index (χ0v) is 11.5. The number of esters is 1. The summed E-state index contributed by atoms with van der Waals surface area (Å²) >= 11 is 0. The van der Waals surface area contributed by atoms with Gasteiger partial charge in [-0.2, -0.15) is 0 Å². The monoisotopic (exact) mass is 277 g/mol. The number of nitrogens with two attached hydrogens (primary N) is 1. The molecule has 0 saturated carbocycles. The van der Waals surface area contributed by atoms with Gasteiger partial charge in [-0.15, -0.1) is 0 Å². The highest BCUT2D eigenvalue weighted by molar-refractivity contribution is 5.71. The number of hydrogen-bond donors (Lipinski definition) is 2. The molecule has 0 aliphatic heterocycles. The minimum Gasteiger partial charge on any atom is -0.481 e. The van der Waals surface area contributed by atoms with Crippen molar-refractivity contribution in [2.45, 2.75) is 46.0 Å². The van der Waals surface area contributed by atoms with Gasteiger partial charge in [-0.3, -0.25) is 9.59 Å². The Morgan fingerprint density at radius 2 is 1.68 bits per heavy atom. The van der Waals surface area contributed by atoms with E-state index in [1.54, 1.807) is 6.92 Å². The van der Waals surface area contributed by atoms with Crippen LogP contribution >= 0.6 is 0 Å². The lowest BCUT2D eigenvalue weighted by Crippen LogP contribution is -2.13. The fourth-order valence-corrected chi connectivity index (χ4v) is 0.934. The van der Waals surface area contributed by atoms with Crippen LogP contribution in [0.1, 0.15) is 46.0 Å². The summed E-state index contributed by atoms with van der Waals surface area (Å²) in [5.41, 5.74) is 4.67. The summed E-state index contributed by atoms with van der Waals surface area (Å²) in [5, 5.41) is 8.20. The normalized spacial score (nSPS) is 8.95. The number of rotatable bonds is 8. The molecule has 0 atom stereocenters. The number of ether oxygens (including phenoxy) is 2. The summed E-state index contributed by atoms with van der Waals surface area (Å²) < 4.78 is 9.01. The lowest BCUT2D eigenvalue weighted by Gasteiger charge is -1.98. The van der Waals surface area contributed by atoms with E-state index in [4.69, 9.17) is 5.11 Å². The Morgan fingerprint density at radius 1 is 1.05 bits per heavy atom. The summed E-state index contributed by atoms with van der Waals surface area (Å²) in [6, 6.07) is 0. The maximum atomic E-state index is 10.6. The third-order valence-corrected chi connectivity index (χ3v) is 1.82. The van der Waals surface area contributed by atoms with Gasteiger partial charge in [0.15, 0.2) is 0 Å². The Labute approximate surface area is 113 Å². The SMILES string of the molecule is CCCCOC(N)=O.CCOC(=O)CCCC(=O)O. The largest absolute Gasteiger partial charge is 0.481 e. The minimum atomic E-state index is -0.880. The van der Waals surface area contributed by atoms with Crippen molar-refractivity contribution >= 4 is 18.0 Å². The first-order chi connectivity index (χ1) is 8.93. The van der Waals surface area contributed by atoms with E-state index in [1.165, 1.54) is 0 Å². The smallest absolute Gasteiger partial charge is 0.404 e. The van der Waals surface area contributed by atoms with Crippen molar-refractivity contribution in [3.05, 3.63) is 0 Å². The number of unbranched alkanes of at least 4 members (excludes halogenated alkanes) is 1. The molecule has 7 nitrogen and oxygen atoms in total. The molecule has 0 aromatic rings. The number of amides is 1. The van der Waals surface area contributed by atoms with Crippen LogP contribution in [-0.2, 0) is 19.1 Å². The van der Waals surface area contributed by atoms with Gasteiger partial charge in [-0.25, -0.2) is 4.79 Å². The van der Waals surface area contributed by atoms with Gasteiger partial charge in [-0.1, -0.05) is 13.3 Å². The second-order valence-electron chi connectivity index (χ2n) is 3.57. The number of hydrogen-bond acceptors (Lipinski definition) is 5. The van der Waals surface area contributed by atoms with Crippen molar-refractivity contribution in [3.8, 4) is 0 Å². The van der Waals surface area contributed by atoms with Gasteiger partial charge >= 0.3 is 18.0 Å². The number of aliphatic carboxylic acids is 1. The third kappa shape index (κ3) is 22.0. The lowest BCUT2D eigenvalue weighted by atomic mass is 10.2. The number of carboxylic acids is 1. The molecule has 3 N–H and O–H groups in total. The predicted molar refractivity (Wildman–Crippen MR) is 68.6 cm³/mol. The zero-order chi connectivity index (χ0) is 15.1.